The summed E-state index contributed by atoms with van der Waals surface area (Å²) >= 11 is 3.13. The lowest BCUT2D eigenvalue weighted by molar-refractivity contribution is 0.600. The molecule has 2 rings (SSSR count). The predicted molar refractivity (Wildman–Crippen MR) is 84.0 cm³/mol. The van der Waals surface area contributed by atoms with E-state index >= 15 is 0 Å². The van der Waals surface area contributed by atoms with E-state index in [9.17, 15) is 12.8 Å². The highest BCUT2D eigenvalue weighted by Gasteiger charge is 2.19. The second-order valence-corrected chi connectivity index (χ2v) is 6.98. The molecule has 0 spiro atoms. The van der Waals surface area contributed by atoms with Crippen LogP contribution < -0.4 is 10.5 Å². The number of sulfonamides is 1. The van der Waals surface area contributed by atoms with Gasteiger partial charge in [-0.05, 0) is 58.2 Å². The minimum Gasteiger partial charge on any atom is -0.326 e. The van der Waals surface area contributed by atoms with Crippen LogP contribution in [-0.2, 0) is 16.6 Å². The quantitative estimate of drug-likeness (QED) is 0.865. The molecule has 0 aliphatic carbocycles. The Morgan fingerprint density at radius 1 is 1.29 bits per heavy atom. The lowest BCUT2D eigenvalue weighted by atomic mass is 10.1. The highest BCUT2D eigenvalue weighted by molar-refractivity contribution is 9.10. The maximum atomic E-state index is 13.0. The highest BCUT2D eigenvalue weighted by Crippen LogP contribution is 2.27. The maximum Gasteiger partial charge on any atom is 0.262 e. The number of hydrogen-bond acceptors (Lipinski definition) is 3. The number of rotatable bonds is 4. The molecular weight excluding hydrogens is 359 g/mol. The van der Waals surface area contributed by atoms with Crippen LogP contribution in [-0.4, -0.2) is 8.42 Å². The summed E-state index contributed by atoms with van der Waals surface area (Å²) in [7, 11) is -3.77. The number of halogens is 2. The van der Waals surface area contributed by atoms with Crippen LogP contribution in [0, 0.1) is 12.7 Å². The van der Waals surface area contributed by atoms with Crippen LogP contribution in [0.15, 0.2) is 45.8 Å². The highest BCUT2D eigenvalue weighted by atomic mass is 79.9. The summed E-state index contributed by atoms with van der Waals surface area (Å²) in [6.45, 7) is 1.96. The van der Waals surface area contributed by atoms with E-state index in [4.69, 9.17) is 5.73 Å². The third-order valence-corrected chi connectivity index (χ3v) is 5.25. The minimum absolute atomic E-state index is 0.154. The molecule has 0 saturated carbocycles. The summed E-state index contributed by atoms with van der Waals surface area (Å²) in [6, 6.07) is 8.67. The zero-order chi connectivity index (χ0) is 15.6. The Labute approximate surface area is 131 Å². The predicted octanol–water partition coefficient (Wildman–Crippen LogP) is 3.16. The molecule has 0 atom stereocenters. The summed E-state index contributed by atoms with van der Waals surface area (Å²) in [5.74, 6) is -0.453. The number of nitrogens with one attached hydrogen (secondary N) is 1. The molecule has 0 fully saturated rings. The van der Waals surface area contributed by atoms with Crippen LogP contribution in [0.4, 0.5) is 10.1 Å². The van der Waals surface area contributed by atoms with Crippen LogP contribution in [0.2, 0.25) is 0 Å². The lowest BCUT2D eigenvalue weighted by Crippen LogP contribution is -2.16. The Balaban J connectivity index is 2.43. The van der Waals surface area contributed by atoms with Gasteiger partial charge in [0, 0.05) is 11.0 Å². The Kier molecular flexibility index (Phi) is 4.65. The second-order valence-electron chi connectivity index (χ2n) is 4.47. The first kappa shape index (κ1) is 15.9. The standard InChI is InChI=1S/C14H14BrFN2O2S/c1-9-10(8-17)3-2-4-14(9)21(19,20)18-13-6-5-11(16)7-12(13)15/h2-7,18H,8,17H2,1H3. The molecule has 4 nitrogen and oxygen atoms in total. The van der Waals surface area contributed by atoms with Gasteiger partial charge in [-0.15, -0.1) is 0 Å². The Morgan fingerprint density at radius 3 is 2.62 bits per heavy atom. The molecule has 0 aromatic heterocycles. The Bertz CT molecular complexity index is 779. The van der Waals surface area contributed by atoms with E-state index in [1.165, 1.54) is 24.3 Å². The van der Waals surface area contributed by atoms with Crippen molar-refractivity contribution in [2.75, 3.05) is 4.72 Å². The van der Waals surface area contributed by atoms with Crippen LogP contribution in [0.1, 0.15) is 11.1 Å². The van der Waals surface area contributed by atoms with Crippen molar-refractivity contribution in [1.29, 1.82) is 0 Å². The molecule has 7 heteroatoms. The van der Waals surface area contributed by atoms with E-state index in [1.54, 1.807) is 19.1 Å². The van der Waals surface area contributed by atoms with Gasteiger partial charge in [0.2, 0.25) is 0 Å². The fourth-order valence-electron chi connectivity index (χ4n) is 1.94. The minimum atomic E-state index is -3.77. The second kappa shape index (κ2) is 6.13. The third kappa shape index (κ3) is 3.42. The Morgan fingerprint density at radius 2 is 2.00 bits per heavy atom. The van der Waals surface area contributed by atoms with Gasteiger partial charge >= 0.3 is 0 Å². The van der Waals surface area contributed by atoms with Gasteiger partial charge in [-0.3, -0.25) is 4.72 Å². The average Bonchev–Trinajstić information content (AvgIpc) is 2.42. The fraction of sp³-hybridized carbons (Fsp3) is 0.143. The summed E-state index contributed by atoms with van der Waals surface area (Å²) in [4.78, 5) is 0.154. The van der Waals surface area contributed by atoms with Crippen LogP contribution in [0.25, 0.3) is 0 Å². The molecule has 112 valence electrons. The molecule has 0 amide bonds. The van der Waals surface area contributed by atoms with E-state index in [0.717, 1.165) is 5.56 Å². The lowest BCUT2D eigenvalue weighted by Gasteiger charge is -2.13. The topological polar surface area (TPSA) is 72.2 Å². The van der Waals surface area contributed by atoms with Gasteiger partial charge < -0.3 is 5.73 Å². The average molecular weight is 373 g/mol. The molecule has 21 heavy (non-hydrogen) atoms. The van der Waals surface area contributed by atoms with Crippen LogP contribution in [0.5, 0.6) is 0 Å². The van der Waals surface area contributed by atoms with Gasteiger partial charge in [0.05, 0.1) is 10.6 Å². The molecular formula is C14H14BrFN2O2S. The van der Waals surface area contributed by atoms with Crippen molar-refractivity contribution in [2.24, 2.45) is 5.73 Å². The van der Waals surface area contributed by atoms with Crippen molar-refractivity contribution in [2.45, 2.75) is 18.4 Å². The molecule has 0 heterocycles. The molecule has 0 bridgehead atoms. The van der Waals surface area contributed by atoms with Crippen LogP contribution in [0.3, 0.4) is 0 Å². The van der Waals surface area contributed by atoms with E-state index in [1.807, 2.05) is 0 Å². The van der Waals surface area contributed by atoms with Gasteiger partial charge in [0.25, 0.3) is 10.0 Å². The molecule has 0 unspecified atom stereocenters. The third-order valence-electron chi connectivity index (χ3n) is 3.08. The molecule has 0 radical (unpaired) electrons. The Hall–Kier alpha value is -1.44. The van der Waals surface area contributed by atoms with Crippen molar-refractivity contribution in [3.8, 4) is 0 Å². The normalized spacial score (nSPS) is 11.4. The summed E-state index contributed by atoms with van der Waals surface area (Å²) < 4.78 is 40.7. The molecule has 2 aromatic rings. The maximum absolute atomic E-state index is 13.0. The van der Waals surface area contributed by atoms with Gasteiger partial charge in [-0.2, -0.15) is 0 Å². The molecule has 0 saturated heterocycles. The van der Waals surface area contributed by atoms with Gasteiger partial charge in [0.15, 0.2) is 0 Å². The van der Waals surface area contributed by atoms with E-state index in [0.29, 0.717) is 10.0 Å². The van der Waals surface area contributed by atoms with E-state index in [2.05, 4.69) is 20.7 Å². The summed E-state index contributed by atoms with van der Waals surface area (Å²) in [6.07, 6.45) is 0. The van der Waals surface area contributed by atoms with Crippen molar-refractivity contribution in [3.05, 3.63) is 57.8 Å². The van der Waals surface area contributed by atoms with Crippen LogP contribution >= 0.6 is 15.9 Å². The van der Waals surface area contributed by atoms with Crippen molar-refractivity contribution in [3.63, 3.8) is 0 Å². The first-order valence-electron chi connectivity index (χ1n) is 6.11. The zero-order valence-electron chi connectivity index (χ0n) is 11.2. The SMILES string of the molecule is Cc1c(CN)cccc1S(=O)(=O)Nc1ccc(F)cc1Br. The molecule has 0 aliphatic rings. The smallest absolute Gasteiger partial charge is 0.262 e. The van der Waals surface area contributed by atoms with Crippen molar-refractivity contribution < 1.29 is 12.8 Å². The molecule has 3 N–H and O–H groups in total. The van der Waals surface area contributed by atoms with Gasteiger partial charge in [-0.1, -0.05) is 12.1 Å². The van der Waals surface area contributed by atoms with Crippen molar-refractivity contribution in [1.82, 2.24) is 0 Å². The van der Waals surface area contributed by atoms with Gasteiger partial charge in [0.1, 0.15) is 5.82 Å². The summed E-state index contributed by atoms with van der Waals surface area (Å²) in [5, 5.41) is 0. The number of nitrogens with two attached hydrogens (primary N) is 1. The zero-order valence-corrected chi connectivity index (χ0v) is 13.6. The largest absolute Gasteiger partial charge is 0.326 e. The first-order valence-corrected chi connectivity index (χ1v) is 8.39. The van der Waals surface area contributed by atoms with Crippen molar-refractivity contribution >= 4 is 31.6 Å². The molecule has 0 aliphatic heterocycles. The summed E-state index contributed by atoms with van der Waals surface area (Å²) in [5.41, 5.74) is 7.23. The number of benzene rings is 2. The van der Waals surface area contributed by atoms with E-state index < -0.39 is 15.8 Å². The number of hydrogen-bond donors (Lipinski definition) is 2. The fourth-order valence-corrected chi connectivity index (χ4v) is 3.89. The monoisotopic (exact) mass is 372 g/mol. The van der Waals surface area contributed by atoms with E-state index in [-0.39, 0.29) is 17.1 Å². The number of anilines is 1. The first-order chi connectivity index (χ1) is 9.85. The molecule has 2 aromatic carbocycles. The van der Waals surface area contributed by atoms with Gasteiger partial charge in [-0.25, -0.2) is 12.8 Å².